The number of amides is 1. The maximum atomic E-state index is 11.8. The number of aliphatic hydroxyl groups excluding tert-OH is 1. The standard InChI is InChI=1S/C17H15Cl2NO4/c18-14-6-5-13(15(19)7-14)8-20-16(22)10-24-17(23)12-3-1-11(9-21)2-4-12/h1-7,21H,8-10H2,(H,20,22). The third kappa shape index (κ3) is 5.23. The minimum atomic E-state index is -0.612. The number of aliphatic hydroxyl groups is 1. The SMILES string of the molecule is O=C(COC(=O)c1ccc(CO)cc1)NCc1ccc(Cl)cc1Cl. The molecule has 0 saturated carbocycles. The van der Waals surface area contributed by atoms with Gasteiger partial charge in [-0.3, -0.25) is 4.79 Å². The van der Waals surface area contributed by atoms with Crippen LogP contribution in [0.25, 0.3) is 0 Å². The third-order valence-corrected chi connectivity index (χ3v) is 3.78. The number of esters is 1. The highest BCUT2D eigenvalue weighted by Gasteiger charge is 2.10. The van der Waals surface area contributed by atoms with Gasteiger partial charge in [0, 0.05) is 16.6 Å². The van der Waals surface area contributed by atoms with Crippen LogP contribution in [-0.2, 0) is 22.7 Å². The van der Waals surface area contributed by atoms with Gasteiger partial charge in [-0.05, 0) is 35.4 Å². The van der Waals surface area contributed by atoms with Gasteiger partial charge in [0.25, 0.3) is 5.91 Å². The monoisotopic (exact) mass is 367 g/mol. The van der Waals surface area contributed by atoms with Gasteiger partial charge >= 0.3 is 5.97 Å². The number of benzene rings is 2. The number of carbonyl (C=O) groups is 2. The first-order valence-corrected chi connectivity index (χ1v) is 7.82. The average Bonchev–Trinajstić information content (AvgIpc) is 2.59. The maximum absolute atomic E-state index is 11.8. The summed E-state index contributed by atoms with van der Waals surface area (Å²) < 4.78 is 4.93. The highest BCUT2D eigenvalue weighted by molar-refractivity contribution is 6.35. The summed E-state index contributed by atoms with van der Waals surface area (Å²) in [7, 11) is 0. The summed E-state index contributed by atoms with van der Waals surface area (Å²) in [6.07, 6.45) is 0. The van der Waals surface area contributed by atoms with E-state index in [1.165, 1.54) is 12.1 Å². The molecule has 0 aromatic heterocycles. The summed E-state index contributed by atoms with van der Waals surface area (Å²) in [5.74, 6) is -1.06. The van der Waals surface area contributed by atoms with Crippen LogP contribution in [0.2, 0.25) is 10.0 Å². The summed E-state index contributed by atoms with van der Waals surface area (Å²) >= 11 is 11.8. The normalized spacial score (nSPS) is 10.3. The summed E-state index contributed by atoms with van der Waals surface area (Å²) in [5.41, 5.74) is 1.70. The van der Waals surface area contributed by atoms with Gasteiger partial charge in [0.1, 0.15) is 0 Å². The molecule has 0 atom stereocenters. The van der Waals surface area contributed by atoms with Crippen molar-refractivity contribution in [2.45, 2.75) is 13.2 Å². The Hall–Kier alpha value is -2.08. The maximum Gasteiger partial charge on any atom is 0.338 e. The Morgan fingerprint density at radius 2 is 1.79 bits per heavy atom. The molecule has 0 aliphatic rings. The van der Waals surface area contributed by atoms with Gasteiger partial charge in [0.2, 0.25) is 0 Å². The van der Waals surface area contributed by atoms with E-state index in [1.807, 2.05) is 0 Å². The molecule has 0 aliphatic carbocycles. The molecule has 5 nitrogen and oxygen atoms in total. The zero-order chi connectivity index (χ0) is 17.5. The van der Waals surface area contributed by atoms with E-state index in [4.69, 9.17) is 33.0 Å². The summed E-state index contributed by atoms with van der Waals surface area (Å²) in [4.78, 5) is 23.6. The highest BCUT2D eigenvalue weighted by atomic mass is 35.5. The number of hydrogen-bond acceptors (Lipinski definition) is 4. The van der Waals surface area contributed by atoms with Crippen LogP contribution < -0.4 is 5.32 Å². The highest BCUT2D eigenvalue weighted by Crippen LogP contribution is 2.20. The largest absolute Gasteiger partial charge is 0.452 e. The predicted molar refractivity (Wildman–Crippen MR) is 91.0 cm³/mol. The first-order chi connectivity index (χ1) is 11.5. The van der Waals surface area contributed by atoms with Crippen molar-refractivity contribution in [2.24, 2.45) is 0 Å². The topological polar surface area (TPSA) is 75.6 Å². The van der Waals surface area contributed by atoms with Crippen LogP contribution in [0.5, 0.6) is 0 Å². The van der Waals surface area contributed by atoms with Crippen LogP contribution in [0.15, 0.2) is 42.5 Å². The van der Waals surface area contributed by atoms with Crippen molar-refractivity contribution in [2.75, 3.05) is 6.61 Å². The lowest BCUT2D eigenvalue weighted by atomic mass is 10.1. The van der Waals surface area contributed by atoms with Gasteiger partial charge in [-0.1, -0.05) is 41.4 Å². The fraction of sp³-hybridized carbons (Fsp3) is 0.176. The number of rotatable bonds is 6. The van der Waals surface area contributed by atoms with Crippen LogP contribution in [0.1, 0.15) is 21.5 Å². The second kappa shape index (κ2) is 8.68. The van der Waals surface area contributed by atoms with Gasteiger partial charge in [-0.15, -0.1) is 0 Å². The molecule has 0 bridgehead atoms. The van der Waals surface area contributed by atoms with Gasteiger partial charge in [0.15, 0.2) is 6.61 Å². The van der Waals surface area contributed by atoms with Crippen LogP contribution in [-0.4, -0.2) is 23.6 Å². The fourth-order valence-corrected chi connectivity index (χ4v) is 2.35. The van der Waals surface area contributed by atoms with Gasteiger partial charge < -0.3 is 15.2 Å². The van der Waals surface area contributed by atoms with Crippen LogP contribution >= 0.6 is 23.2 Å². The molecular weight excluding hydrogens is 353 g/mol. The van der Waals surface area contributed by atoms with E-state index in [1.54, 1.807) is 30.3 Å². The Bertz CT molecular complexity index is 732. The Morgan fingerprint density at radius 3 is 2.42 bits per heavy atom. The Morgan fingerprint density at radius 1 is 1.08 bits per heavy atom. The Balaban J connectivity index is 1.80. The van der Waals surface area contributed by atoms with Crippen molar-refractivity contribution in [1.82, 2.24) is 5.32 Å². The van der Waals surface area contributed by atoms with Gasteiger partial charge in [-0.2, -0.15) is 0 Å². The van der Waals surface area contributed by atoms with E-state index >= 15 is 0 Å². The summed E-state index contributed by atoms with van der Waals surface area (Å²) in [6, 6.07) is 11.2. The van der Waals surface area contributed by atoms with Crippen molar-refractivity contribution in [3.63, 3.8) is 0 Å². The molecule has 1 amide bonds. The molecular formula is C17H15Cl2NO4. The lowest BCUT2D eigenvalue weighted by molar-refractivity contribution is -0.124. The zero-order valence-electron chi connectivity index (χ0n) is 12.6. The Labute approximate surface area is 149 Å². The van der Waals surface area contributed by atoms with E-state index in [2.05, 4.69) is 5.32 Å². The molecule has 0 saturated heterocycles. The van der Waals surface area contributed by atoms with Crippen molar-refractivity contribution in [3.05, 3.63) is 69.2 Å². The average molecular weight is 368 g/mol. The molecule has 7 heteroatoms. The van der Waals surface area contributed by atoms with E-state index in [9.17, 15) is 9.59 Å². The smallest absolute Gasteiger partial charge is 0.338 e. The van der Waals surface area contributed by atoms with Gasteiger partial charge in [-0.25, -0.2) is 4.79 Å². The lowest BCUT2D eigenvalue weighted by Gasteiger charge is -2.08. The number of carbonyl (C=O) groups excluding carboxylic acids is 2. The number of halogens is 2. The molecule has 24 heavy (non-hydrogen) atoms. The molecule has 0 spiro atoms. The second-order valence-corrected chi connectivity index (χ2v) is 5.79. The van der Waals surface area contributed by atoms with E-state index in [0.29, 0.717) is 26.7 Å². The molecule has 0 aliphatic heterocycles. The molecule has 0 radical (unpaired) electrons. The van der Waals surface area contributed by atoms with E-state index in [0.717, 1.165) is 0 Å². The van der Waals surface area contributed by atoms with Crippen LogP contribution in [0, 0.1) is 0 Å². The molecule has 2 aromatic carbocycles. The molecule has 0 unspecified atom stereocenters. The lowest BCUT2D eigenvalue weighted by Crippen LogP contribution is -2.28. The fourth-order valence-electron chi connectivity index (χ4n) is 1.87. The minimum Gasteiger partial charge on any atom is -0.452 e. The van der Waals surface area contributed by atoms with E-state index < -0.39 is 18.5 Å². The predicted octanol–water partition coefficient (Wildman–Crippen LogP) is 2.96. The minimum absolute atomic E-state index is 0.106. The summed E-state index contributed by atoms with van der Waals surface area (Å²) in [5, 5.41) is 12.5. The van der Waals surface area contributed by atoms with Crippen molar-refractivity contribution in [1.29, 1.82) is 0 Å². The first kappa shape index (κ1) is 18.3. The molecule has 0 heterocycles. The quantitative estimate of drug-likeness (QED) is 0.769. The van der Waals surface area contributed by atoms with Crippen LogP contribution in [0.3, 0.4) is 0 Å². The number of nitrogens with one attached hydrogen (secondary N) is 1. The van der Waals surface area contributed by atoms with Crippen molar-refractivity contribution < 1.29 is 19.4 Å². The van der Waals surface area contributed by atoms with E-state index in [-0.39, 0.29) is 13.2 Å². The second-order valence-electron chi connectivity index (χ2n) is 4.94. The molecule has 126 valence electrons. The Kier molecular flexibility index (Phi) is 6.61. The third-order valence-electron chi connectivity index (χ3n) is 3.20. The number of ether oxygens (including phenoxy) is 1. The van der Waals surface area contributed by atoms with Crippen LogP contribution in [0.4, 0.5) is 0 Å². The number of hydrogen-bond donors (Lipinski definition) is 2. The molecule has 2 N–H and O–H groups in total. The molecule has 2 aromatic rings. The first-order valence-electron chi connectivity index (χ1n) is 7.07. The van der Waals surface area contributed by atoms with Crippen molar-refractivity contribution >= 4 is 35.1 Å². The zero-order valence-corrected chi connectivity index (χ0v) is 14.1. The molecule has 0 fully saturated rings. The summed E-state index contributed by atoms with van der Waals surface area (Å²) in [6.45, 7) is -0.297. The van der Waals surface area contributed by atoms with Crippen molar-refractivity contribution in [3.8, 4) is 0 Å². The molecule has 2 rings (SSSR count). The van der Waals surface area contributed by atoms with Gasteiger partial charge in [0.05, 0.1) is 12.2 Å².